The first kappa shape index (κ1) is 27.2. The highest BCUT2D eigenvalue weighted by atomic mass is 32.2. The molecule has 2 heterocycles. The normalized spacial score (nSPS) is 18.8. The lowest BCUT2D eigenvalue weighted by molar-refractivity contribution is -0.136. The van der Waals surface area contributed by atoms with Crippen molar-refractivity contribution in [3.63, 3.8) is 0 Å². The van der Waals surface area contributed by atoms with Crippen molar-refractivity contribution < 1.29 is 27.4 Å². The van der Waals surface area contributed by atoms with Gasteiger partial charge in [0.1, 0.15) is 22.1 Å². The van der Waals surface area contributed by atoms with Crippen LogP contribution in [0.5, 0.6) is 17.2 Å². The van der Waals surface area contributed by atoms with Gasteiger partial charge in [0, 0.05) is 57.2 Å². The third-order valence-corrected chi connectivity index (χ3v) is 9.36. The van der Waals surface area contributed by atoms with Crippen molar-refractivity contribution in [1.29, 1.82) is 0 Å². The summed E-state index contributed by atoms with van der Waals surface area (Å²) in [4.78, 5) is 17.6. The van der Waals surface area contributed by atoms with Crippen LogP contribution in [-0.4, -0.2) is 95.6 Å². The monoisotopic (exact) mass is 531 g/mol. The molecule has 1 amide bonds. The van der Waals surface area contributed by atoms with Crippen LogP contribution < -0.4 is 14.2 Å². The van der Waals surface area contributed by atoms with Crippen molar-refractivity contribution in [2.75, 3.05) is 67.1 Å². The van der Waals surface area contributed by atoms with Crippen molar-refractivity contribution >= 4 is 15.9 Å². The molecule has 9 nitrogen and oxygen atoms in total. The lowest BCUT2D eigenvalue weighted by Crippen LogP contribution is -2.51. The Kier molecular flexibility index (Phi) is 8.61. The standard InChI is InChI=1S/C27H37N3O6S/c1-28-15-17-29(18-16-28)26(31)20-27(21-36-22-7-5-4-6-8-22)11-13-30(14-12-27)37(32,33)25-19-23(34-2)9-10-24(25)35-3/h4-10,19H,11-18,20-21H2,1-3H3. The second kappa shape index (κ2) is 11.7. The molecule has 0 N–H and O–H groups in total. The summed E-state index contributed by atoms with van der Waals surface area (Å²) in [6.45, 7) is 4.06. The minimum absolute atomic E-state index is 0.0795. The minimum Gasteiger partial charge on any atom is -0.497 e. The smallest absolute Gasteiger partial charge is 0.246 e. The van der Waals surface area contributed by atoms with E-state index in [9.17, 15) is 13.2 Å². The molecule has 2 aliphatic rings. The lowest BCUT2D eigenvalue weighted by Gasteiger charge is -2.42. The molecule has 2 aliphatic heterocycles. The molecule has 2 saturated heterocycles. The van der Waals surface area contributed by atoms with Gasteiger partial charge in [-0.2, -0.15) is 4.31 Å². The van der Waals surface area contributed by atoms with Gasteiger partial charge < -0.3 is 24.0 Å². The fourth-order valence-corrected chi connectivity index (χ4v) is 6.55. The number of carbonyl (C=O) groups is 1. The molecular formula is C27H37N3O6S. The molecule has 10 heteroatoms. The van der Waals surface area contributed by atoms with Crippen LogP contribution in [0.1, 0.15) is 19.3 Å². The maximum atomic E-state index is 13.6. The number of para-hydroxylation sites is 1. The zero-order chi connectivity index (χ0) is 26.5. The third kappa shape index (κ3) is 6.37. The molecule has 0 atom stereocenters. The van der Waals surface area contributed by atoms with Gasteiger partial charge in [-0.15, -0.1) is 0 Å². The maximum Gasteiger partial charge on any atom is 0.246 e. The van der Waals surface area contributed by atoms with Crippen molar-refractivity contribution in [1.82, 2.24) is 14.1 Å². The van der Waals surface area contributed by atoms with Crippen LogP contribution in [-0.2, 0) is 14.8 Å². The number of methoxy groups -OCH3 is 2. The highest BCUT2D eigenvalue weighted by Crippen LogP contribution is 2.39. The van der Waals surface area contributed by atoms with E-state index in [0.29, 0.717) is 44.7 Å². The molecule has 37 heavy (non-hydrogen) atoms. The summed E-state index contributed by atoms with van der Waals surface area (Å²) in [5.74, 6) is 1.57. The fraction of sp³-hybridized carbons (Fsp3) is 0.519. The Hall–Kier alpha value is -2.82. The number of ether oxygens (including phenoxy) is 3. The van der Waals surface area contributed by atoms with Crippen LogP contribution in [0.4, 0.5) is 0 Å². The predicted molar refractivity (Wildman–Crippen MR) is 141 cm³/mol. The Morgan fingerprint density at radius 2 is 1.57 bits per heavy atom. The number of sulfonamides is 1. The molecule has 2 aromatic rings. The van der Waals surface area contributed by atoms with Crippen LogP contribution in [0.15, 0.2) is 53.4 Å². The Bertz CT molecular complexity index is 1160. The maximum absolute atomic E-state index is 13.6. The third-order valence-electron chi connectivity index (χ3n) is 7.44. The molecule has 0 radical (unpaired) electrons. The Labute approximate surface area is 219 Å². The number of piperazine rings is 1. The molecule has 0 unspecified atom stereocenters. The van der Waals surface area contributed by atoms with Crippen molar-refractivity contribution in [3.05, 3.63) is 48.5 Å². The molecule has 0 aliphatic carbocycles. The molecule has 2 fully saturated rings. The summed E-state index contributed by atoms with van der Waals surface area (Å²) in [6.07, 6.45) is 1.37. The van der Waals surface area contributed by atoms with Crippen molar-refractivity contribution in [3.8, 4) is 17.2 Å². The molecular weight excluding hydrogens is 494 g/mol. The first-order valence-corrected chi connectivity index (χ1v) is 14.1. The van der Waals surface area contributed by atoms with Gasteiger partial charge in [-0.3, -0.25) is 4.79 Å². The van der Waals surface area contributed by atoms with Crippen molar-refractivity contribution in [2.24, 2.45) is 5.41 Å². The summed E-state index contributed by atoms with van der Waals surface area (Å²) in [5.41, 5.74) is -0.458. The summed E-state index contributed by atoms with van der Waals surface area (Å²) >= 11 is 0. The van der Waals surface area contributed by atoms with Gasteiger partial charge in [0.15, 0.2) is 0 Å². The number of rotatable bonds is 9. The van der Waals surface area contributed by atoms with E-state index in [4.69, 9.17) is 14.2 Å². The second-order valence-electron chi connectivity index (χ2n) is 9.88. The van der Waals surface area contributed by atoms with E-state index in [0.717, 1.165) is 18.8 Å². The summed E-state index contributed by atoms with van der Waals surface area (Å²) in [6, 6.07) is 14.3. The minimum atomic E-state index is -3.82. The number of piperidine rings is 1. The SMILES string of the molecule is COc1ccc(OC)c(S(=O)(=O)N2CCC(COc3ccccc3)(CC(=O)N3CCN(C)CC3)CC2)c1. The summed E-state index contributed by atoms with van der Waals surface area (Å²) in [7, 11) is 1.19. The average molecular weight is 532 g/mol. The molecule has 4 rings (SSSR count). The Morgan fingerprint density at radius 1 is 0.892 bits per heavy atom. The number of carbonyl (C=O) groups excluding carboxylic acids is 1. The molecule has 0 aromatic heterocycles. The number of nitrogens with zero attached hydrogens (tertiary/aromatic N) is 3. The Balaban J connectivity index is 1.52. The number of hydrogen-bond donors (Lipinski definition) is 0. The number of hydrogen-bond acceptors (Lipinski definition) is 7. The van der Waals surface area contributed by atoms with Crippen molar-refractivity contribution in [2.45, 2.75) is 24.2 Å². The lowest BCUT2D eigenvalue weighted by atomic mass is 9.76. The first-order chi connectivity index (χ1) is 17.8. The van der Waals surface area contributed by atoms with Gasteiger partial charge in [0.25, 0.3) is 0 Å². The van der Waals surface area contributed by atoms with Gasteiger partial charge >= 0.3 is 0 Å². The number of amides is 1. The van der Waals surface area contributed by atoms with E-state index in [1.807, 2.05) is 35.2 Å². The quantitative estimate of drug-likeness (QED) is 0.492. The van der Waals surface area contributed by atoms with Gasteiger partial charge in [-0.05, 0) is 44.2 Å². The first-order valence-electron chi connectivity index (χ1n) is 12.6. The van der Waals surface area contributed by atoms with Crippen LogP contribution >= 0.6 is 0 Å². The number of likely N-dealkylation sites (N-methyl/N-ethyl adjacent to an activating group) is 1. The van der Waals surface area contributed by atoms with Gasteiger partial charge in [-0.1, -0.05) is 18.2 Å². The van der Waals surface area contributed by atoms with E-state index in [1.54, 1.807) is 12.1 Å². The number of benzene rings is 2. The zero-order valence-electron chi connectivity index (χ0n) is 21.9. The zero-order valence-corrected chi connectivity index (χ0v) is 22.7. The fourth-order valence-electron chi connectivity index (χ4n) is 4.94. The highest BCUT2D eigenvalue weighted by molar-refractivity contribution is 7.89. The highest BCUT2D eigenvalue weighted by Gasteiger charge is 2.42. The molecule has 0 bridgehead atoms. The van der Waals surface area contributed by atoms with Gasteiger partial charge in [0.05, 0.1) is 20.8 Å². The average Bonchev–Trinajstić information content (AvgIpc) is 2.92. The van der Waals surface area contributed by atoms with E-state index in [-0.39, 0.29) is 29.6 Å². The van der Waals surface area contributed by atoms with E-state index < -0.39 is 15.4 Å². The summed E-state index contributed by atoms with van der Waals surface area (Å²) in [5, 5.41) is 0. The molecule has 2 aromatic carbocycles. The van der Waals surface area contributed by atoms with E-state index in [1.165, 1.54) is 24.6 Å². The second-order valence-corrected chi connectivity index (χ2v) is 11.8. The summed E-state index contributed by atoms with van der Waals surface area (Å²) < 4.78 is 45.4. The van der Waals surface area contributed by atoms with Gasteiger partial charge in [-0.25, -0.2) is 8.42 Å². The molecule has 0 saturated carbocycles. The van der Waals surface area contributed by atoms with Crippen LogP contribution in [0, 0.1) is 5.41 Å². The van der Waals surface area contributed by atoms with E-state index >= 15 is 0 Å². The van der Waals surface area contributed by atoms with Crippen LogP contribution in [0.2, 0.25) is 0 Å². The Morgan fingerprint density at radius 3 is 2.19 bits per heavy atom. The van der Waals surface area contributed by atoms with E-state index in [2.05, 4.69) is 11.9 Å². The van der Waals surface area contributed by atoms with Crippen LogP contribution in [0.3, 0.4) is 0 Å². The largest absolute Gasteiger partial charge is 0.497 e. The van der Waals surface area contributed by atoms with Crippen LogP contribution in [0.25, 0.3) is 0 Å². The molecule has 202 valence electrons. The van der Waals surface area contributed by atoms with Gasteiger partial charge in [0.2, 0.25) is 15.9 Å². The topological polar surface area (TPSA) is 88.6 Å². The molecule has 0 spiro atoms. The predicted octanol–water partition coefficient (Wildman–Crippen LogP) is 2.72.